The van der Waals surface area contributed by atoms with E-state index in [9.17, 15) is 24.2 Å². The summed E-state index contributed by atoms with van der Waals surface area (Å²) in [5, 5.41) is 9.28. The van der Waals surface area contributed by atoms with Gasteiger partial charge in [0.1, 0.15) is 31.3 Å². The highest BCUT2D eigenvalue weighted by molar-refractivity contribution is 7.45. The molecule has 1 rings (SSSR count). The molecule has 0 aliphatic carbocycles. The maximum atomic E-state index is 12.7. The number of phosphoric acid groups is 1. The van der Waals surface area contributed by atoms with Crippen molar-refractivity contribution in [2.24, 2.45) is 0 Å². The average molecular weight is 836 g/mol. The zero-order valence-corrected chi connectivity index (χ0v) is 37.9. The molecule has 0 fully saturated rings. The molecule has 58 heavy (non-hydrogen) atoms. The predicted molar refractivity (Wildman–Crippen MR) is 231 cm³/mol. The molecule has 12 heteroatoms. The molecule has 1 heterocycles. The lowest BCUT2D eigenvalue weighted by atomic mass is 10.0. The van der Waals surface area contributed by atoms with E-state index in [1.54, 1.807) is 0 Å². The van der Waals surface area contributed by atoms with Crippen molar-refractivity contribution in [2.45, 2.75) is 162 Å². The van der Waals surface area contributed by atoms with Crippen LogP contribution < -0.4 is 4.89 Å². The molecule has 0 radical (unpaired) electrons. The average Bonchev–Trinajstić information content (AvgIpc) is 3.42. The smallest absolute Gasteiger partial charge is 0.306 e. The van der Waals surface area contributed by atoms with Crippen molar-refractivity contribution in [3.63, 3.8) is 0 Å². The molecule has 1 unspecified atom stereocenters. The van der Waals surface area contributed by atoms with Gasteiger partial charge >= 0.3 is 11.9 Å². The van der Waals surface area contributed by atoms with Gasteiger partial charge in [0.2, 0.25) is 0 Å². The third kappa shape index (κ3) is 29.4. The van der Waals surface area contributed by atoms with E-state index in [0.29, 0.717) is 30.3 Å². The summed E-state index contributed by atoms with van der Waals surface area (Å²) in [5.41, 5.74) is 2.56. The number of furan rings is 1. The molecule has 332 valence electrons. The Hall–Kier alpha value is -2.79. The van der Waals surface area contributed by atoms with Crippen LogP contribution in [-0.2, 0) is 45.5 Å². The highest BCUT2D eigenvalue weighted by atomic mass is 31.2. The maximum absolute atomic E-state index is 12.7. The monoisotopic (exact) mass is 836 g/mol. The number of likely N-dealkylation sites (N-methyl/N-ethyl adjacent to an activating group) is 1. The molecule has 1 aromatic heterocycles. The third-order valence-electron chi connectivity index (χ3n) is 9.54. The number of allylic oxidation sites excluding steroid dienone is 8. The number of ether oxygens (including phenoxy) is 2. The van der Waals surface area contributed by atoms with Crippen LogP contribution in [0.2, 0.25) is 0 Å². The lowest BCUT2D eigenvalue weighted by Gasteiger charge is -2.28. The summed E-state index contributed by atoms with van der Waals surface area (Å²) in [7, 11) is 1.08. The number of nitrogens with zero attached hydrogens (tertiary/aromatic N) is 1. The maximum Gasteiger partial charge on any atom is 0.306 e. The van der Waals surface area contributed by atoms with Crippen LogP contribution in [0.15, 0.2) is 53.0 Å². The van der Waals surface area contributed by atoms with Crippen LogP contribution in [0.25, 0.3) is 0 Å². The van der Waals surface area contributed by atoms with E-state index < -0.39 is 32.5 Å². The summed E-state index contributed by atoms with van der Waals surface area (Å²) in [6.07, 6.45) is 31.4. The zero-order chi connectivity index (χ0) is 43.1. The van der Waals surface area contributed by atoms with Gasteiger partial charge < -0.3 is 37.4 Å². The Morgan fingerprint density at radius 1 is 0.741 bits per heavy atom. The van der Waals surface area contributed by atoms with Gasteiger partial charge in [-0.1, -0.05) is 81.2 Å². The molecule has 11 nitrogen and oxygen atoms in total. The molecule has 3 atom stereocenters. The van der Waals surface area contributed by atoms with Gasteiger partial charge in [-0.2, -0.15) is 0 Å². The zero-order valence-electron chi connectivity index (χ0n) is 37.1. The minimum atomic E-state index is -4.66. The molecular formula is C46H78NO10P. The van der Waals surface area contributed by atoms with Gasteiger partial charge in [-0.15, -0.1) is 0 Å². The normalized spacial score (nSPS) is 14.6. The molecule has 0 spiro atoms. The fourth-order valence-corrected chi connectivity index (χ4v) is 6.62. The van der Waals surface area contributed by atoms with Crippen LogP contribution in [0.3, 0.4) is 0 Å². The number of hydrogen-bond donors (Lipinski definition) is 1. The number of aliphatic hydroxyl groups excluding tert-OH is 1. The van der Waals surface area contributed by atoms with Crippen LogP contribution in [-0.4, -0.2) is 81.2 Å². The number of unbranched alkanes of at least 4 members (excludes halogenated alkanes) is 7. The van der Waals surface area contributed by atoms with E-state index in [1.165, 1.54) is 11.1 Å². The van der Waals surface area contributed by atoms with E-state index in [1.807, 2.05) is 34.1 Å². The molecule has 1 aromatic rings. The van der Waals surface area contributed by atoms with Gasteiger partial charge in [-0.3, -0.25) is 14.2 Å². The van der Waals surface area contributed by atoms with Crippen molar-refractivity contribution in [2.75, 3.05) is 47.5 Å². The largest absolute Gasteiger partial charge is 0.756 e. The molecule has 1 N–H and O–H groups in total. The summed E-state index contributed by atoms with van der Waals surface area (Å²) in [6.45, 7) is 7.84. The first-order chi connectivity index (χ1) is 27.6. The van der Waals surface area contributed by atoms with E-state index >= 15 is 0 Å². The Kier molecular flexibility index (Phi) is 29.4. The van der Waals surface area contributed by atoms with Crippen molar-refractivity contribution in [3.8, 4) is 0 Å². The van der Waals surface area contributed by atoms with Crippen molar-refractivity contribution >= 4 is 19.8 Å². The van der Waals surface area contributed by atoms with Crippen molar-refractivity contribution < 1.29 is 51.6 Å². The summed E-state index contributed by atoms with van der Waals surface area (Å²) in [4.78, 5) is 37.6. The molecule has 0 saturated carbocycles. The number of hydrogen-bond acceptors (Lipinski definition) is 10. The number of aryl methyl sites for hydroxylation is 2. The highest BCUT2D eigenvalue weighted by Crippen LogP contribution is 2.38. The Labute approximate surface area is 351 Å². The van der Waals surface area contributed by atoms with E-state index in [-0.39, 0.29) is 32.2 Å². The molecule has 0 amide bonds. The summed E-state index contributed by atoms with van der Waals surface area (Å²) < 4.78 is 39.9. The minimum absolute atomic E-state index is 0.0571. The Bertz CT molecular complexity index is 1420. The first-order valence-corrected chi connectivity index (χ1v) is 23.2. The molecule has 0 saturated heterocycles. The van der Waals surface area contributed by atoms with Crippen molar-refractivity contribution in [1.82, 2.24) is 0 Å². The SMILES string of the molecule is CCCc1oc(CCCCCCCCC(=O)OC[C@H](COP(=O)([O-])OCC[N+](C)(C)C)OC(=O)CCC/C=C\C/C=C\C/C=C\C/C=C\CCC[C@H](C)O)c(C)c1C. The Balaban J connectivity index is 2.41. The van der Waals surface area contributed by atoms with Crippen molar-refractivity contribution in [3.05, 3.63) is 71.3 Å². The first-order valence-electron chi connectivity index (χ1n) is 21.7. The predicted octanol–water partition coefficient (Wildman–Crippen LogP) is 9.90. The lowest BCUT2D eigenvalue weighted by molar-refractivity contribution is -0.870. The van der Waals surface area contributed by atoms with Crippen LogP contribution in [0.5, 0.6) is 0 Å². The molecule has 0 aliphatic rings. The fraction of sp³-hybridized carbons (Fsp3) is 0.696. The lowest BCUT2D eigenvalue weighted by Crippen LogP contribution is -2.37. The van der Waals surface area contributed by atoms with E-state index in [2.05, 4.69) is 63.3 Å². The molecular weight excluding hydrogens is 757 g/mol. The van der Waals surface area contributed by atoms with Gasteiger partial charge in [0, 0.05) is 25.7 Å². The number of carbonyl (C=O) groups excluding carboxylic acids is 2. The van der Waals surface area contributed by atoms with Crippen LogP contribution in [0, 0.1) is 13.8 Å². The second kappa shape index (κ2) is 32.0. The Morgan fingerprint density at radius 2 is 1.28 bits per heavy atom. The quantitative estimate of drug-likeness (QED) is 0.0231. The summed E-state index contributed by atoms with van der Waals surface area (Å²) in [5.74, 6) is 1.27. The standard InChI is InChI=1S/C46H78NO10P/c1-8-30-43-40(3)41(4)44(57-43)32-27-23-20-21-24-28-33-45(49)53-37-42(38-55-58(51,52)54-36-35-47(5,6)7)56-46(50)34-29-25-19-17-15-13-11-9-10-12-14-16-18-22-26-31-39(2)48/h10-13,16-19,39,42,48H,8-9,14-15,20-38H2,1-7H3/b12-10-,13-11-,18-16-,19-17-/t39-,42+/m0/s1. The second-order valence-electron chi connectivity index (χ2n) is 16.2. The number of quaternary nitrogens is 1. The second-order valence-corrected chi connectivity index (χ2v) is 17.6. The summed E-state index contributed by atoms with van der Waals surface area (Å²) in [6, 6.07) is 0. The van der Waals surface area contributed by atoms with E-state index in [4.69, 9.17) is 22.9 Å². The Morgan fingerprint density at radius 3 is 1.86 bits per heavy atom. The number of esters is 2. The van der Waals surface area contributed by atoms with Gasteiger partial charge in [0.05, 0.1) is 33.9 Å². The number of aliphatic hydroxyl groups is 1. The summed E-state index contributed by atoms with van der Waals surface area (Å²) >= 11 is 0. The topological polar surface area (TPSA) is 145 Å². The third-order valence-corrected chi connectivity index (χ3v) is 10.5. The van der Waals surface area contributed by atoms with Crippen LogP contribution in [0.1, 0.15) is 146 Å². The van der Waals surface area contributed by atoms with Gasteiger partial charge in [-0.05, 0) is 103 Å². The van der Waals surface area contributed by atoms with Gasteiger partial charge in [0.15, 0.2) is 6.10 Å². The molecule has 0 aliphatic heterocycles. The minimum Gasteiger partial charge on any atom is -0.756 e. The van der Waals surface area contributed by atoms with Gasteiger partial charge in [-0.25, -0.2) is 0 Å². The van der Waals surface area contributed by atoms with Crippen LogP contribution >= 0.6 is 7.82 Å². The van der Waals surface area contributed by atoms with Gasteiger partial charge in [0.25, 0.3) is 7.82 Å². The molecule has 0 aromatic carbocycles. The first kappa shape index (κ1) is 53.2. The van der Waals surface area contributed by atoms with E-state index in [0.717, 1.165) is 101 Å². The van der Waals surface area contributed by atoms with Crippen molar-refractivity contribution in [1.29, 1.82) is 0 Å². The highest BCUT2D eigenvalue weighted by Gasteiger charge is 2.22. The number of rotatable bonds is 35. The van der Waals surface area contributed by atoms with Crippen LogP contribution in [0.4, 0.5) is 0 Å². The molecule has 0 bridgehead atoms. The number of phosphoric ester groups is 1. The number of carbonyl (C=O) groups is 2. The fourth-order valence-electron chi connectivity index (χ4n) is 5.89.